The largest absolute Gasteiger partial charge is 0.482 e. The Hall–Kier alpha value is -2.18. The fourth-order valence-electron chi connectivity index (χ4n) is 1.81. The molecule has 0 unspecified atom stereocenters. The van der Waals surface area contributed by atoms with E-state index in [-0.39, 0.29) is 5.75 Å². The highest BCUT2D eigenvalue weighted by atomic mass is 19.4. The predicted octanol–water partition coefficient (Wildman–Crippen LogP) is 3.84. The van der Waals surface area contributed by atoms with Crippen LogP contribution in [0.15, 0.2) is 28.7 Å². The van der Waals surface area contributed by atoms with Gasteiger partial charge in [0.25, 0.3) is 0 Å². The third kappa shape index (κ3) is 4.40. The monoisotopic (exact) mass is 300 g/mol. The van der Waals surface area contributed by atoms with Crippen molar-refractivity contribution in [2.24, 2.45) is 0 Å². The van der Waals surface area contributed by atoms with E-state index in [2.05, 4.69) is 10.3 Å². The molecular formula is C14H15F3N2O2. The van der Waals surface area contributed by atoms with Crippen molar-refractivity contribution in [1.29, 1.82) is 0 Å². The summed E-state index contributed by atoms with van der Waals surface area (Å²) in [6, 6.07) is 6.44. The summed E-state index contributed by atoms with van der Waals surface area (Å²) in [4.78, 5) is 4.13. The number of hydrogen-bond donors (Lipinski definition) is 1. The fraction of sp³-hybridized carbons (Fsp3) is 0.357. The number of anilines is 1. The summed E-state index contributed by atoms with van der Waals surface area (Å²) in [7, 11) is 0. The number of oxazole rings is 1. The van der Waals surface area contributed by atoms with Crippen molar-refractivity contribution in [3.8, 4) is 5.75 Å². The SMILES string of the molecule is Cc1nc(C)c(CNc2ccccc2OCC(F)(F)F)o1. The Balaban J connectivity index is 2.04. The summed E-state index contributed by atoms with van der Waals surface area (Å²) < 4.78 is 46.8. The van der Waals surface area contributed by atoms with E-state index in [4.69, 9.17) is 9.15 Å². The van der Waals surface area contributed by atoms with Crippen LogP contribution in [0, 0.1) is 13.8 Å². The lowest BCUT2D eigenvalue weighted by molar-refractivity contribution is -0.153. The zero-order valence-corrected chi connectivity index (χ0v) is 11.6. The van der Waals surface area contributed by atoms with Gasteiger partial charge in [-0.05, 0) is 19.1 Å². The van der Waals surface area contributed by atoms with Crippen molar-refractivity contribution < 1.29 is 22.3 Å². The Labute approximate surface area is 119 Å². The maximum atomic E-state index is 12.2. The molecule has 1 aromatic carbocycles. The smallest absolute Gasteiger partial charge is 0.422 e. The Kier molecular flexibility index (Phi) is 4.40. The number of rotatable bonds is 5. The van der Waals surface area contributed by atoms with Crippen LogP contribution in [0.1, 0.15) is 17.3 Å². The number of halogens is 3. The quantitative estimate of drug-likeness (QED) is 0.911. The maximum Gasteiger partial charge on any atom is 0.422 e. The van der Waals surface area contributed by atoms with Crippen molar-refractivity contribution in [1.82, 2.24) is 4.98 Å². The van der Waals surface area contributed by atoms with Crippen molar-refractivity contribution in [3.05, 3.63) is 41.6 Å². The number of ether oxygens (including phenoxy) is 1. The topological polar surface area (TPSA) is 47.3 Å². The molecule has 7 heteroatoms. The van der Waals surface area contributed by atoms with E-state index in [0.29, 0.717) is 23.9 Å². The summed E-state index contributed by atoms with van der Waals surface area (Å²) in [5.41, 5.74) is 1.21. The summed E-state index contributed by atoms with van der Waals surface area (Å²) >= 11 is 0. The first-order valence-corrected chi connectivity index (χ1v) is 6.30. The summed E-state index contributed by atoms with van der Waals surface area (Å²) in [5.74, 6) is 1.33. The molecule has 1 aromatic heterocycles. The van der Waals surface area contributed by atoms with Gasteiger partial charge < -0.3 is 14.5 Å². The molecule has 2 aromatic rings. The Morgan fingerprint density at radius 1 is 1.24 bits per heavy atom. The highest BCUT2D eigenvalue weighted by Gasteiger charge is 2.28. The van der Waals surface area contributed by atoms with Gasteiger partial charge in [0.1, 0.15) is 11.5 Å². The van der Waals surface area contributed by atoms with Crippen molar-refractivity contribution in [3.63, 3.8) is 0 Å². The van der Waals surface area contributed by atoms with Crippen LogP contribution >= 0.6 is 0 Å². The molecule has 0 aliphatic heterocycles. The summed E-state index contributed by atoms with van der Waals surface area (Å²) in [6.45, 7) is 2.53. The van der Waals surface area contributed by atoms with E-state index in [9.17, 15) is 13.2 Å². The molecule has 0 amide bonds. The molecule has 0 saturated carbocycles. The van der Waals surface area contributed by atoms with Crippen LogP contribution in [-0.4, -0.2) is 17.8 Å². The van der Waals surface area contributed by atoms with E-state index < -0.39 is 12.8 Å². The number of aryl methyl sites for hydroxylation is 2. The minimum Gasteiger partial charge on any atom is -0.482 e. The van der Waals surface area contributed by atoms with Crippen LogP contribution in [0.25, 0.3) is 0 Å². The first-order chi connectivity index (χ1) is 9.85. The standard InChI is InChI=1S/C14H15F3N2O2/c1-9-13(21-10(2)19-9)7-18-11-5-3-4-6-12(11)20-8-14(15,16)17/h3-6,18H,7-8H2,1-2H3. The highest BCUT2D eigenvalue weighted by Crippen LogP contribution is 2.27. The molecule has 114 valence electrons. The Bertz CT molecular complexity index is 609. The molecule has 2 rings (SSSR count). The average molecular weight is 300 g/mol. The van der Waals surface area contributed by atoms with Crippen LogP contribution in [0.2, 0.25) is 0 Å². The number of nitrogens with one attached hydrogen (secondary N) is 1. The number of para-hydroxylation sites is 2. The number of alkyl halides is 3. The molecular weight excluding hydrogens is 285 g/mol. The lowest BCUT2D eigenvalue weighted by Crippen LogP contribution is -2.19. The van der Waals surface area contributed by atoms with Crippen LogP contribution in [0.3, 0.4) is 0 Å². The van der Waals surface area contributed by atoms with Gasteiger partial charge in [0.15, 0.2) is 12.5 Å². The summed E-state index contributed by atoms with van der Waals surface area (Å²) in [5, 5.41) is 2.99. The van der Waals surface area contributed by atoms with E-state index in [1.54, 1.807) is 32.0 Å². The van der Waals surface area contributed by atoms with Gasteiger partial charge in [-0.1, -0.05) is 12.1 Å². The third-order valence-electron chi connectivity index (χ3n) is 2.72. The first kappa shape index (κ1) is 15.2. The van der Waals surface area contributed by atoms with Crippen molar-refractivity contribution >= 4 is 5.69 Å². The van der Waals surface area contributed by atoms with Crippen molar-refractivity contribution in [2.45, 2.75) is 26.6 Å². The molecule has 1 heterocycles. The molecule has 0 aliphatic rings. The number of benzene rings is 1. The van der Waals surface area contributed by atoms with E-state index in [1.165, 1.54) is 6.07 Å². The van der Waals surface area contributed by atoms with Gasteiger partial charge in [-0.2, -0.15) is 13.2 Å². The fourth-order valence-corrected chi connectivity index (χ4v) is 1.81. The lowest BCUT2D eigenvalue weighted by Gasteiger charge is -2.13. The Morgan fingerprint density at radius 3 is 2.57 bits per heavy atom. The van der Waals surface area contributed by atoms with Gasteiger partial charge in [-0.15, -0.1) is 0 Å². The number of aromatic nitrogens is 1. The number of hydrogen-bond acceptors (Lipinski definition) is 4. The van der Waals surface area contributed by atoms with Gasteiger partial charge in [-0.3, -0.25) is 0 Å². The predicted molar refractivity (Wildman–Crippen MR) is 71.3 cm³/mol. The second-order valence-corrected chi connectivity index (χ2v) is 4.50. The van der Waals surface area contributed by atoms with E-state index >= 15 is 0 Å². The molecule has 0 aliphatic carbocycles. The molecule has 0 fully saturated rings. The molecule has 21 heavy (non-hydrogen) atoms. The van der Waals surface area contributed by atoms with Gasteiger partial charge in [-0.25, -0.2) is 4.98 Å². The van der Waals surface area contributed by atoms with Crippen LogP contribution in [0.4, 0.5) is 18.9 Å². The summed E-state index contributed by atoms with van der Waals surface area (Å²) in [6.07, 6.45) is -4.37. The first-order valence-electron chi connectivity index (χ1n) is 6.30. The average Bonchev–Trinajstić information content (AvgIpc) is 2.72. The second-order valence-electron chi connectivity index (χ2n) is 4.50. The van der Waals surface area contributed by atoms with Crippen LogP contribution in [-0.2, 0) is 6.54 Å². The number of nitrogens with zero attached hydrogens (tertiary/aromatic N) is 1. The molecule has 0 radical (unpaired) electrons. The molecule has 0 saturated heterocycles. The minimum atomic E-state index is -4.37. The molecule has 0 atom stereocenters. The third-order valence-corrected chi connectivity index (χ3v) is 2.72. The second kappa shape index (κ2) is 6.07. The van der Waals surface area contributed by atoms with Crippen molar-refractivity contribution in [2.75, 3.05) is 11.9 Å². The minimum absolute atomic E-state index is 0.142. The van der Waals surface area contributed by atoms with E-state index in [0.717, 1.165) is 5.69 Å². The maximum absolute atomic E-state index is 12.2. The van der Waals surface area contributed by atoms with Gasteiger partial charge >= 0.3 is 6.18 Å². The van der Waals surface area contributed by atoms with Gasteiger partial charge in [0, 0.05) is 6.92 Å². The van der Waals surface area contributed by atoms with Gasteiger partial charge in [0.2, 0.25) is 0 Å². The van der Waals surface area contributed by atoms with Crippen LogP contribution < -0.4 is 10.1 Å². The molecule has 0 bridgehead atoms. The normalized spacial score (nSPS) is 11.5. The molecule has 0 spiro atoms. The lowest BCUT2D eigenvalue weighted by atomic mass is 10.2. The Morgan fingerprint density at radius 2 is 1.95 bits per heavy atom. The van der Waals surface area contributed by atoms with Crippen LogP contribution in [0.5, 0.6) is 5.75 Å². The molecule has 4 nitrogen and oxygen atoms in total. The van der Waals surface area contributed by atoms with Gasteiger partial charge in [0.05, 0.1) is 17.9 Å². The van der Waals surface area contributed by atoms with E-state index in [1.807, 2.05) is 0 Å². The molecule has 1 N–H and O–H groups in total. The highest BCUT2D eigenvalue weighted by molar-refractivity contribution is 5.56. The zero-order chi connectivity index (χ0) is 15.5. The zero-order valence-electron chi connectivity index (χ0n) is 11.6.